The Morgan fingerprint density at radius 1 is 1.29 bits per heavy atom. The fourth-order valence-electron chi connectivity index (χ4n) is 1.47. The van der Waals surface area contributed by atoms with Crippen molar-refractivity contribution in [1.82, 2.24) is 4.98 Å². The zero-order valence-corrected chi connectivity index (χ0v) is 10.4. The van der Waals surface area contributed by atoms with Gasteiger partial charge in [0, 0.05) is 11.6 Å². The van der Waals surface area contributed by atoms with Crippen molar-refractivity contribution in [2.24, 2.45) is 0 Å². The van der Waals surface area contributed by atoms with Gasteiger partial charge in [0.15, 0.2) is 0 Å². The molecule has 1 heterocycles. The van der Waals surface area contributed by atoms with Crippen LogP contribution in [0.4, 0.5) is 0 Å². The predicted octanol–water partition coefficient (Wildman–Crippen LogP) is 2.98. The van der Waals surface area contributed by atoms with E-state index in [1.807, 2.05) is 44.2 Å². The number of esters is 1. The lowest BCUT2D eigenvalue weighted by atomic mass is 10.1. The number of carbonyl (C=O) groups excluding carboxylic acids is 1. The number of benzene rings is 1. The monoisotopic (exact) mass is 231 g/mol. The Kier molecular flexibility index (Phi) is 5.14. The summed E-state index contributed by atoms with van der Waals surface area (Å²) < 4.78 is 4.61. The Balaban J connectivity index is 0.000000686. The molecule has 0 unspecified atom stereocenters. The van der Waals surface area contributed by atoms with Crippen LogP contribution in [-0.4, -0.2) is 18.1 Å². The first-order valence-corrected chi connectivity index (χ1v) is 5.70. The summed E-state index contributed by atoms with van der Waals surface area (Å²) in [6.07, 6.45) is 2.06. The molecule has 0 atom stereocenters. The van der Waals surface area contributed by atoms with Crippen LogP contribution in [0.1, 0.15) is 19.4 Å². The number of carbonyl (C=O) groups is 1. The van der Waals surface area contributed by atoms with Crippen LogP contribution in [0.2, 0.25) is 0 Å². The molecule has 1 aromatic carbocycles. The topological polar surface area (TPSA) is 39.2 Å². The molecule has 17 heavy (non-hydrogen) atoms. The maximum Gasteiger partial charge on any atom is 0.309 e. The Bertz CT molecular complexity index is 494. The van der Waals surface area contributed by atoms with Gasteiger partial charge in [-0.3, -0.25) is 9.78 Å². The van der Waals surface area contributed by atoms with E-state index in [1.165, 1.54) is 7.11 Å². The largest absolute Gasteiger partial charge is 0.469 e. The van der Waals surface area contributed by atoms with Gasteiger partial charge in [0.05, 0.1) is 19.0 Å². The molecular weight excluding hydrogens is 214 g/mol. The molecule has 1 aromatic heterocycles. The first-order valence-electron chi connectivity index (χ1n) is 5.70. The number of hydrogen-bond acceptors (Lipinski definition) is 3. The maximum absolute atomic E-state index is 11.1. The van der Waals surface area contributed by atoms with E-state index >= 15 is 0 Å². The van der Waals surface area contributed by atoms with Crippen LogP contribution in [0.15, 0.2) is 36.5 Å². The number of methoxy groups -OCH3 is 1. The molecule has 2 rings (SSSR count). The standard InChI is InChI=1S/C12H11NO2.C2H6/c1-15-12(14)8-9-4-5-11-10(7-9)3-2-6-13-11;1-2/h2-7H,8H2,1H3;1-2H3. The normalized spacial score (nSPS) is 9.35. The van der Waals surface area contributed by atoms with Gasteiger partial charge in [0.2, 0.25) is 0 Å². The number of pyridine rings is 1. The highest BCUT2D eigenvalue weighted by Crippen LogP contribution is 2.13. The average Bonchev–Trinajstić information content (AvgIpc) is 2.41. The van der Waals surface area contributed by atoms with Gasteiger partial charge in [-0.05, 0) is 23.8 Å². The lowest BCUT2D eigenvalue weighted by molar-refractivity contribution is -0.139. The molecule has 3 nitrogen and oxygen atoms in total. The minimum Gasteiger partial charge on any atom is -0.469 e. The number of hydrogen-bond donors (Lipinski definition) is 0. The highest BCUT2D eigenvalue weighted by atomic mass is 16.5. The van der Waals surface area contributed by atoms with Crippen molar-refractivity contribution >= 4 is 16.9 Å². The van der Waals surface area contributed by atoms with Crippen LogP contribution in [0.5, 0.6) is 0 Å². The molecule has 0 N–H and O–H groups in total. The smallest absolute Gasteiger partial charge is 0.309 e. The molecule has 0 amide bonds. The van der Waals surface area contributed by atoms with Crippen LogP contribution in [0.25, 0.3) is 10.9 Å². The van der Waals surface area contributed by atoms with Crippen molar-refractivity contribution in [2.45, 2.75) is 20.3 Å². The van der Waals surface area contributed by atoms with E-state index in [0.717, 1.165) is 16.5 Å². The maximum atomic E-state index is 11.1. The summed E-state index contributed by atoms with van der Waals surface area (Å²) >= 11 is 0. The minimum absolute atomic E-state index is 0.224. The molecule has 0 aliphatic carbocycles. The molecule has 0 saturated carbocycles. The van der Waals surface area contributed by atoms with Gasteiger partial charge in [-0.25, -0.2) is 0 Å². The van der Waals surface area contributed by atoms with E-state index in [2.05, 4.69) is 9.72 Å². The number of ether oxygens (including phenoxy) is 1. The molecule has 0 aliphatic heterocycles. The van der Waals surface area contributed by atoms with Gasteiger partial charge >= 0.3 is 5.97 Å². The van der Waals surface area contributed by atoms with E-state index < -0.39 is 0 Å². The SMILES string of the molecule is CC.COC(=O)Cc1ccc2ncccc2c1. The van der Waals surface area contributed by atoms with Crippen LogP contribution >= 0.6 is 0 Å². The molecule has 0 fully saturated rings. The Labute approximate surface area is 101 Å². The fraction of sp³-hybridized carbons (Fsp3) is 0.286. The third-order valence-electron chi connectivity index (χ3n) is 2.24. The number of aromatic nitrogens is 1. The molecule has 0 saturated heterocycles. The number of nitrogens with zero attached hydrogens (tertiary/aromatic N) is 1. The van der Waals surface area contributed by atoms with E-state index in [-0.39, 0.29) is 5.97 Å². The zero-order chi connectivity index (χ0) is 12.7. The fourth-order valence-corrected chi connectivity index (χ4v) is 1.47. The third kappa shape index (κ3) is 3.55. The lowest BCUT2D eigenvalue weighted by Gasteiger charge is -2.01. The van der Waals surface area contributed by atoms with Crippen molar-refractivity contribution < 1.29 is 9.53 Å². The molecule has 0 bridgehead atoms. The quantitative estimate of drug-likeness (QED) is 0.746. The van der Waals surface area contributed by atoms with E-state index in [0.29, 0.717) is 6.42 Å². The molecule has 0 radical (unpaired) electrons. The summed E-state index contributed by atoms with van der Waals surface area (Å²) in [6, 6.07) is 9.62. The van der Waals surface area contributed by atoms with Gasteiger partial charge in [-0.2, -0.15) is 0 Å². The van der Waals surface area contributed by atoms with Crippen LogP contribution < -0.4 is 0 Å². The van der Waals surface area contributed by atoms with Gasteiger partial charge in [-0.15, -0.1) is 0 Å². The average molecular weight is 231 g/mol. The highest BCUT2D eigenvalue weighted by molar-refractivity contribution is 5.81. The first kappa shape index (κ1) is 13.2. The molecule has 0 spiro atoms. The van der Waals surface area contributed by atoms with E-state index in [4.69, 9.17) is 0 Å². The zero-order valence-electron chi connectivity index (χ0n) is 10.4. The molecule has 3 heteroatoms. The van der Waals surface area contributed by atoms with Crippen LogP contribution in [-0.2, 0) is 16.0 Å². The highest BCUT2D eigenvalue weighted by Gasteiger charge is 2.03. The van der Waals surface area contributed by atoms with Gasteiger partial charge < -0.3 is 4.74 Å². The number of rotatable bonds is 2. The number of fused-ring (bicyclic) bond motifs is 1. The second kappa shape index (κ2) is 6.63. The van der Waals surface area contributed by atoms with Crippen LogP contribution in [0.3, 0.4) is 0 Å². The molecule has 2 aromatic rings. The summed E-state index contributed by atoms with van der Waals surface area (Å²) in [5.41, 5.74) is 1.88. The third-order valence-corrected chi connectivity index (χ3v) is 2.24. The van der Waals surface area contributed by atoms with Crippen molar-refractivity contribution in [1.29, 1.82) is 0 Å². The van der Waals surface area contributed by atoms with Gasteiger partial charge in [-0.1, -0.05) is 26.0 Å². The summed E-state index contributed by atoms with van der Waals surface area (Å²) in [7, 11) is 1.39. The second-order valence-electron chi connectivity index (χ2n) is 3.28. The van der Waals surface area contributed by atoms with E-state index in [1.54, 1.807) is 6.20 Å². The van der Waals surface area contributed by atoms with Gasteiger partial charge in [0.25, 0.3) is 0 Å². The predicted molar refractivity (Wildman–Crippen MR) is 68.8 cm³/mol. The summed E-state index contributed by atoms with van der Waals surface area (Å²) in [4.78, 5) is 15.3. The summed E-state index contributed by atoms with van der Waals surface area (Å²) in [5.74, 6) is -0.224. The Morgan fingerprint density at radius 3 is 2.76 bits per heavy atom. The van der Waals surface area contributed by atoms with Crippen molar-refractivity contribution in [3.63, 3.8) is 0 Å². The Hall–Kier alpha value is -1.90. The molecular formula is C14H17NO2. The summed E-state index contributed by atoms with van der Waals surface area (Å²) in [5, 5.41) is 1.04. The van der Waals surface area contributed by atoms with Gasteiger partial charge in [0.1, 0.15) is 0 Å². The second-order valence-corrected chi connectivity index (χ2v) is 3.28. The lowest BCUT2D eigenvalue weighted by Crippen LogP contribution is -2.04. The van der Waals surface area contributed by atoms with E-state index in [9.17, 15) is 4.79 Å². The van der Waals surface area contributed by atoms with Crippen molar-refractivity contribution in [3.8, 4) is 0 Å². The Morgan fingerprint density at radius 2 is 2.06 bits per heavy atom. The molecule has 90 valence electrons. The summed E-state index contributed by atoms with van der Waals surface area (Å²) in [6.45, 7) is 4.00. The van der Waals surface area contributed by atoms with Crippen LogP contribution in [0, 0.1) is 0 Å². The first-order chi connectivity index (χ1) is 8.29. The van der Waals surface area contributed by atoms with Crippen molar-refractivity contribution in [3.05, 3.63) is 42.1 Å². The molecule has 0 aliphatic rings. The minimum atomic E-state index is -0.224. The van der Waals surface area contributed by atoms with Crippen molar-refractivity contribution in [2.75, 3.05) is 7.11 Å².